The van der Waals surface area contributed by atoms with Crippen LogP contribution < -0.4 is 5.32 Å². The Morgan fingerprint density at radius 2 is 1.97 bits per heavy atom. The Morgan fingerprint density at radius 3 is 2.52 bits per heavy atom. The van der Waals surface area contributed by atoms with Crippen LogP contribution in [0.4, 0.5) is 14.6 Å². The first kappa shape index (κ1) is 21.9. The molecule has 0 bridgehead atoms. The molecule has 4 atom stereocenters. The Bertz CT molecular complexity index is 770. The number of ether oxygens (including phenoxy) is 2. The van der Waals surface area contributed by atoms with E-state index in [0.717, 1.165) is 6.42 Å². The normalized spacial score (nSPS) is 27.3. The van der Waals surface area contributed by atoms with E-state index in [1.165, 1.54) is 18.6 Å². The summed E-state index contributed by atoms with van der Waals surface area (Å²) < 4.78 is 40.8. The fraction of sp³-hybridized carbons (Fsp3) is 0.609. The van der Waals surface area contributed by atoms with Crippen molar-refractivity contribution in [3.63, 3.8) is 0 Å². The van der Waals surface area contributed by atoms with Gasteiger partial charge in [-0.1, -0.05) is 38.1 Å². The van der Waals surface area contributed by atoms with Gasteiger partial charge in [0.1, 0.15) is 11.5 Å². The Kier molecular flexibility index (Phi) is 6.44. The maximum Gasteiger partial charge on any atom is 0.289 e. The topological polar surface area (TPSA) is 43.4 Å². The molecule has 1 N–H and O–H groups in total. The third-order valence-electron chi connectivity index (χ3n) is 5.40. The van der Waals surface area contributed by atoms with Crippen LogP contribution in [0.5, 0.6) is 0 Å². The second kappa shape index (κ2) is 8.52. The van der Waals surface area contributed by atoms with Crippen LogP contribution in [0.3, 0.4) is 0 Å². The third kappa shape index (κ3) is 5.04. The number of alkyl halides is 2. The molecule has 1 aromatic rings. The van der Waals surface area contributed by atoms with E-state index in [4.69, 9.17) is 9.47 Å². The molecule has 0 radical (unpaired) electrons. The van der Waals surface area contributed by atoms with Gasteiger partial charge in [0.2, 0.25) is 0 Å². The van der Waals surface area contributed by atoms with E-state index in [9.17, 15) is 8.78 Å². The van der Waals surface area contributed by atoms with Gasteiger partial charge in [-0.25, -0.2) is 4.98 Å². The fourth-order valence-corrected chi connectivity index (χ4v) is 3.87. The number of aromatic nitrogens is 1. The molecule has 29 heavy (non-hydrogen) atoms. The van der Waals surface area contributed by atoms with Crippen molar-refractivity contribution in [2.75, 3.05) is 11.9 Å². The van der Waals surface area contributed by atoms with Gasteiger partial charge < -0.3 is 14.8 Å². The summed E-state index contributed by atoms with van der Waals surface area (Å²) in [5, 5.41) is 3.35. The van der Waals surface area contributed by atoms with Crippen LogP contribution in [0.2, 0.25) is 0 Å². The summed E-state index contributed by atoms with van der Waals surface area (Å²) >= 11 is 0. The van der Waals surface area contributed by atoms with Gasteiger partial charge in [-0.3, -0.25) is 0 Å². The maximum absolute atomic E-state index is 14.1. The second-order valence-electron chi connectivity index (χ2n) is 8.74. The third-order valence-corrected chi connectivity index (χ3v) is 5.40. The van der Waals surface area contributed by atoms with Gasteiger partial charge in [0.25, 0.3) is 5.92 Å². The van der Waals surface area contributed by atoms with Crippen molar-refractivity contribution in [1.29, 1.82) is 0 Å². The highest BCUT2D eigenvalue weighted by Gasteiger charge is 2.44. The van der Waals surface area contributed by atoms with Gasteiger partial charge >= 0.3 is 0 Å². The van der Waals surface area contributed by atoms with Crippen LogP contribution in [0.25, 0.3) is 0 Å². The molecular formula is C23H32F2N2O2. The summed E-state index contributed by atoms with van der Waals surface area (Å²) in [5.74, 6) is -2.46. The summed E-state index contributed by atoms with van der Waals surface area (Å²) in [6.07, 6.45) is 6.60. The van der Waals surface area contributed by atoms with Gasteiger partial charge in [-0.05, 0) is 44.9 Å². The van der Waals surface area contributed by atoms with E-state index in [2.05, 4.69) is 29.4 Å². The first-order valence-corrected chi connectivity index (χ1v) is 10.4. The molecule has 2 aliphatic rings. The number of hydrogen-bond donors (Lipinski definition) is 1. The quantitative estimate of drug-likeness (QED) is 0.652. The summed E-state index contributed by atoms with van der Waals surface area (Å²) in [6, 6.07) is 4.59. The van der Waals surface area contributed by atoms with E-state index < -0.39 is 5.92 Å². The van der Waals surface area contributed by atoms with Crippen molar-refractivity contribution in [3.8, 4) is 0 Å². The molecular weight excluding hydrogens is 374 g/mol. The maximum atomic E-state index is 14.1. The van der Waals surface area contributed by atoms with Gasteiger partial charge in [-0.15, -0.1) is 0 Å². The average molecular weight is 407 g/mol. The largest absolute Gasteiger partial charge is 0.373 e. The van der Waals surface area contributed by atoms with Gasteiger partial charge in [-0.2, -0.15) is 8.78 Å². The van der Waals surface area contributed by atoms with E-state index in [-0.39, 0.29) is 41.9 Å². The summed E-state index contributed by atoms with van der Waals surface area (Å²) in [5.41, 5.74) is 0.653. The molecule has 1 saturated heterocycles. The number of nitrogens with one attached hydrogen (secondary N) is 1. The molecule has 4 nitrogen and oxygen atoms in total. The number of pyridine rings is 1. The molecule has 1 aromatic heterocycles. The van der Waals surface area contributed by atoms with Crippen molar-refractivity contribution >= 4 is 5.82 Å². The Labute approximate surface area is 172 Å². The lowest BCUT2D eigenvalue weighted by atomic mass is 9.78. The lowest BCUT2D eigenvalue weighted by molar-refractivity contribution is -0.174. The molecule has 3 rings (SSSR count). The van der Waals surface area contributed by atoms with Crippen LogP contribution in [-0.4, -0.2) is 35.4 Å². The molecule has 0 aromatic carbocycles. The second-order valence-corrected chi connectivity index (χ2v) is 8.74. The highest BCUT2D eigenvalue weighted by atomic mass is 19.3. The van der Waals surface area contributed by atoms with Crippen LogP contribution in [-0.2, 0) is 15.4 Å². The van der Waals surface area contributed by atoms with E-state index in [1.807, 2.05) is 26.8 Å². The minimum absolute atomic E-state index is 0.0177. The highest BCUT2D eigenvalue weighted by Crippen LogP contribution is 2.38. The number of allylic oxidation sites excluding steroid dienone is 3. The van der Waals surface area contributed by atoms with Crippen molar-refractivity contribution in [2.24, 2.45) is 5.92 Å². The zero-order valence-electron chi connectivity index (χ0n) is 17.9. The molecule has 0 saturated carbocycles. The van der Waals surface area contributed by atoms with Gasteiger partial charge in [0.15, 0.2) is 0 Å². The molecule has 0 spiro atoms. The molecule has 1 fully saturated rings. The van der Waals surface area contributed by atoms with Crippen molar-refractivity contribution < 1.29 is 18.3 Å². The van der Waals surface area contributed by atoms with Crippen molar-refractivity contribution in [1.82, 2.24) is 4.98 Å². The molecule has 6 heteroatoms. The summed E-state index contributed by atoms with van der Waals surface area (Å²) in [4.78, 5) is 4.19. The lowest BCUT2D eigenvalue weighted by Crippen LogP contribution is -2.55. The fourth-order valence-electron chi connectivity index (χ4n) is 3.87. The Morgan fingerprint density at radius 1 is 1.24 bits per heavy atom. The molecule has 0 unspecified atom stereocenters. The first-order chi connectivity index (χ1) is 13.6. The minimum atomic E-state index is -2.94. The molecule has 2 heterocycles. The van der Waals surface area contributed by atoms with E-state index in [0.29, 0.717) is 12.4 Å². The predicted molar refractivity (Wildman–Crippen MR) is 111 cm³/mol. The van der Waals surface area contributed by atoms with E-state index in [1.54, 1.807) is 12.1 Å². The number of rotatable bonds is 7. The SMILES string of the molecule is CC[C@H]1OC[C@H](Nc2cccc(C(F)(F)CC)n2)[C@@H](C2=CC=C2)[C@H]1OC(C)(C)C. The van der Waals surface area contributed by atoms with Crippen LogP contribution in [0, 0.1) is 5.92 Å². The Balaban J connectivity index is 1.87. The number of halogens is 2. The number of hydrogen-bond acceptors (Lipinski definition) is 4. The standard InChI is InChI=1S/C23H32F2N2O2/c1-6-17-21(29-22(3,4)5)20(15-10-8-11-15)16(14-28-17)26-19-13-9-12-18(27-19)23(24,25)7-2/h8-13,16-17,20-21H,6-7,14H2,1-5H3,(H,26,27)/t16-,17+,20+,21-/m0/s1. The lowest BCUT2D eigenvalue weighted by Gasteiger charge is -2.46. The average Bonchev–Trinajstić information content (AvgIpc) is 2.62. The van der Waals surface area contributed by atoms with Crippen molar-refractivity contribution in [3.05, 3.63) is 47.7 Å². The smallest absolute Gasteiger partial charge is 0.289 e. The zero-order chi connectivity index (χ0) is 21.2. The van der Waals surface area contributed by atoms with E-state index >= 15 is 0 Å². The predicted octanol–water partition coefficient (Wildman–Crippen LogP) is 5.47. The monoisotopic (exact) mass is 406 g/mol. The first-order valence-electron chi connectivity index (χ1n) is 10.4. The number of nitrogens with zero attached hydrogens (tertiary/aromatic N) is 1. The highest BCUT2D eigenvalue weighted by molar-refractivity contribution is 5.43. The molecule has 0 amide bonds. The molecule has 1 aliphatic heterocycles. The van der Waals surface area contributed by atoms with Gasteiger partial charge in [0, 0.05) is 12.3 Å². The molecule has 160 valence electrons. The van der Waals surface area contributed by atoms with Gasteiger partial charge in [0.05, 0.1) is 30.5 Å². The zero-order valence-corrected chi connectivity index (χ0v) is 17.9. The van der Waals surface area contributed by atoms with Crippen LogP contribution >= 0.6 is 0 Å². The minimum Gasteiger partial charge on any atom is -0.373 e. The van der Waals surface area contributed by atoms with Crippen LogP contribution in [0.15, 0.2) is 42.0 Å². The van der Waals surface area contributed by atoms with Crippen molar-refractivity contribution in [2.45, 2.75) is 77.2 Å². The number of anilines is 1. The summed E-state index contributed by atoms with van der Waals surface area (Å²) in [7, 11) is 0. The summed E-state index contributed by atoms with van der Waals surface area (Å²) in [6.45, 7) is 10.1. The Hall–Kier alpha value is -1.79. The molecule has 1 aliphatic carbocycles. The van der Waals surface area contributed by atoms with Crippen LogP contribution in [0.1, 0.15) is 53.2 Å².